The number of methoxy groups -OCH3 is 1. The summed E-state index contributed by atoms with van der Waals surface area (Å²) in [6, 6.07) is 4.80. The van der Waals surface area contributed by atoms with Crippen LogP contribution in [0.4, 0.5) is 8.78 Å². The molecule has 21 heavy (non-hydrogen) atoms. The third-order valence-corrected chi connectivity index (χ3v) is 5.72. The Hall–Kier alpha value is -1.21. The van der Waals surface area contributed by atoms with Gasteiger partial charge in [-0.05, 0) is 43.0 Å². The van der Waals surface area contributed by atoms with Crippen LogP contribution in [0, 0.1) is 5.92 Å². The van der Waals surface area contributed by atoms with Crippen molar-refractivity contribution in [3.63, 3.8) is 0 Å². The summed E-state index contributed by atoms with van der Waals surface area (Å²) >= 11 is 0. The number of rotatable bonds is 5. The molecule has 0 aliphatic heterocycles. The Morgan fingerprint density at radius 2 is 2.05 bits per heavy atom. The molecular weight excluding hydrogens is 300 g/mol. The zero-order chi connectivity index (χ0) is 15.8. The first-order valence-corrected chi connectivity index (χ1v) is 8.24. The van der Waals surface area contributed by atoms with Crippen LogP contribution < -0.4 is 10.1 Å². The molecule has 4 nitrogen and oxygen atoms in total. The summed E-state index contributed by atoms with van der Waals surface area (Å²) in [6.45, 7) is 2.10. The predicted octanol–water partition coefficient (Wildman–Crippen LogP) is 2.40. The minimum atomic E-state index is -4.65. The second kappa shape index (κ2) is 5.88. The first-order chi connectivity index (χ1) is 9.82. The van der Waals surface area contributed by atoms with E-state index in [1.54, 1.807) is 12.1 Å². The molecule has 7 heteroatoms. The standard InChI is InChI=1S/C14H19F2NO3S/c1-8-10(7-11(8)17-2)9-4-5-13(12(6-9)20-3)21(18,19)14(15)16/h4-6,8,10-11,14,17H,7H2,1-3H3. The summed E-state index contributed by atoms with van der Waals surface area (Å²) in [5.41, 5.74) is 0.916. The lowest BCUT2D eigenvalue weighted by atomic mass is 9.67. The molecule has 0 aromatic heterocycles. The van der Waals surface area contributed by atoms with Gasteiger partial charge in [0.1, 0.15) is 10.6 Å². The van der Waals surface area contributed by atoms with E-state index in [1.807, 2.05) is 7.05 Å². The molecule has 1 aliphatic carbocycles. The fraction of sp³-hybridized carbons (Fsp3) is 0.571. The number of benzene rings is 1. The van der Waals surface area contributed by atoms with Crippen molar-refractivity contribution in [1.29, 1.82) is 0 Å². The molecule has 1 fully saturated rings. The molecule has 0 spiro atoms. The zero-order valence-electron chi connectivity index (χ0n) is 12.1. The van der Waals surface area contributed by atoms with Gasteiger partial charge < -0.3 is 10.1 Å². The van der Waals surface area contributed by atoms with Crippen molar-refractivity contribution in [2.24, 2.45) is 5.92 Å². The number of hydrogen-bond donors (Lipinski definition) is 1. The molecule has 1 saturated carbocycles. The van der Waals surface area contributed by atoms with Crippen molar-refractivity contribution < 1.29 is 21.9 Å². The van der Waals surface area contributed by atoms with Crippen molar-refractivity contribution >= 4 is 9.84 Å². The lowest BCUT2D eigenvalue weighted by Crippen LogP contribution is -2.46. The summed E-state index contributed by atoms with van der Waals surface area (Å²) in [4.78, 5) is -0.458. The molecule has 0 heterocycles. The van der Waals surface area contributed by atoms with Gasteiger partial charge in [-0.1, -0.05) is 13.0 Å². The van der Waals surface area contributed by atoms with Crippen LogP contribution in [-0.4, -0.2) is 34.4 Å². The fourth-order valence-corrected chi connectivity index (χ4v) is 3.73. The largest absolute Gasteiger partial charge is 0.495 e. The monoisotopic (exact) mass is 319 g/mol. The maximum Gasteiger partial charge on any atom is 0.341 e. The first kappa shape index (κ1) is 16.2. The van der Waals surface area contributed by atoms with E-state index >= 15 is 0 Å². The molecule has 2 rings (SSSR count). The molecular formula is C14H19F2NO3S. The van der Waals surface area contributed by atoms with E-state index in [2.05, 4.69) is 12.2 Å². The van der Waals surface area contributed by atoms with Gasteiger partial charge in [-0.3, -0.25) is 0 Å². The first-order valence-electron chi connectivity index (χ1n) is 6.70. The number of halogens is 2. The maximum absolute atomic E-state index is 12.7. The maximum atomic E-state index is 12.7. The Kier molecular flexibility index (Phi) is 4.53. The molecule has 1 aromatic rings. The van der Waals surface area contributed by atoms with Crippen molar-refractivity contribution in [3.8, 4) is 5.75 Å². The van der Waals surface area contributed by atoms with Crippen molar-refractivity contribution in [2.75, 3.05) is 14.2 Å². The van der Waals surface area contributed by atoms with Crippen LogP contribution in [0.25, 0.3) is 0 Å². The predicted molar refractivity (Wildman–Crippen MR) is 75.6 cm³/mol. The quantitative estimate of drug-likeness (QED) is 0.905. The third kappa shape index (κ3) is 2.76. The van der Waals surface area contributed by atoms with Crippen LogP contribution >= 0.6 is 0 Å². The van der Waals surface area contributed by atoms with E-state index < -0.39 is 20.5 Å². The van der Waals surface area contributed by atoms with Crippen LogP contribution in [-0.2, 0) is 9.84 Å². The Morgan fingerprint density at radius 3 is 2.52 bits per heavy atom. The van der Waals surface area contributed by atoms with E-state index in [-0.39, 0.29) is 11.7 Å². The highest BCUT2D eigenvalue weighted by Gasteiger charge is 2.38. The average Bonchev–Trinajstić information content (AvgIpc) is 2.45. The van der Waals surface area contributed by atoms with Crippen LogP contribution in [0.2, 0.25) is 0 Å². The normalized spacial score (nSPS) is 25.7. The van der Waals surface area contributed by atoms with Gasteiger partial charge in [0, 0.05) is 6.04 Å². The second-order valence-electron chi connectivity index (χ2n) is 5.31. The van der Waals surface area contributed by atoms with E-state index in [1.165, 1.54) is 13.2 Å². The van der Waals surface area contributed by atoms with Crippen molar-refractivity contribution in [1.82, 2.24) is 5.32 Å². The summed E-state index contributed by atoms with van der Waals surface area (Å²) in [5.74, 6) is -2.79. The van der Waals surface area contributed by atoms with Gasteiger partial charge in [0.05, 0.1) is 7.11 Å². The van der Waals surface area contributed by atoms with Gasteiger partial charge in [-0.15, -0.1) is 0 Å². The van der Waals surface area contributed by atoms with Crippen LogP contribution in [0.15, 0.2) is 23.1 Å². The molecule has 0 amide bonds. The Bertz CT molecular complexity index is 619. The zero-order valence-corrected chi connectivity index (χ0v) is 13.0. The fourth-order valence-electron chi connectivity index (χ4n) is 2.85. The van der Waals surface area contributed by atoms with E-state index in [4.69, 9.17) is 4.74 Å². The smallest absolute Gasteiger partial charge is 0.341 e. The van der Waals surface area contributed by atoms with Gasteiger partial charge in [-0.25, -0.2) is 8.42 Å². The lowest BCUT2D eigenvalue weighted by Gasteiger charge is -2.43. The number of alkyl halides is 2. The Labute approximate surface area is 123 Å². The van der Waals surface area contributed by atoms with Gasteiger partial charge in [-0.2, -0.15) is 8.78 Å². The molecule has 0 bridgehead atoms. The SMILES string of the molecule is CNC1CC(c2ccc(S(=O)(=O)C(F)F)c(OC)c2)C1C. The number of ether oxygens (including phenoxy) is 1. The minimum Gasteiger partial charge on any atom is -0.495 e. The number of hydrogen-bond acceptors (Lipinski definition) is 4. The van der Waals surface area contributed by atoms with Crippen LogP contribution in [0.3, 0.4) is 0 Å². The third-order valence-electron chi connectivity index (χ3n) is 4.30. The van der Waals surface area contributed by atoms with Gasteiger partial charge >= 0.3 is 5.76 Å². The van der Waals surface area contributed by atoms with Crippen LogP contribution in [0.1, 0.15) is 24.8 Å². The minimum absolute atomic E-state index is 0.0205. The van der Waals surface area contributed by atoms with Gasteiger partial charge in [0.2, 0.25) is 9.84 Å². The van der Waals surface area contributed by atoms with E-state index in [9.17, 15) is 17.2 Å². The van der Waals surface area contributed by atoms with E-state index in [0.29, 0.717) is 12.0 Å². The summed E-state index contributed by atoms with van der Waals surface area (Å²) in [5, 5.41) is 3.20. The van der Waals surface area contributed by atoms with E-state index in [0.717, 1.165) is 12.0 Å². The van der Waals surface area contributed by atoms with Gasteiger partial charge in [0.25, 0.3) is 0 Å². The molecule has 0 radical (unpaired) electrons. The molecule has 3 unspecified atom stereocenters. The van der Waals surface area contributed by atoms with Crippen molar-refractivity contribution in [2.45, 2.75) is 36.0 Å². The summed E-state index contributed by atoms with van der Waals surface area (Å²) in [6.07, 6.45) is 0.932. The molecule has 0 saturated heterocycles. The highest BCUT2D eigenvalue weighted by atomic mass is 32.2. The van der Waals surface area contributed by atoms with Crippen LogP contribution in [0.5, 0.6) is 5.75 Å². The molecule has 118 valence electrons. The average molecular weight is 319 g/mol. The van der Waals surface area contributed by atoms with Crippen molar-refractivity contribution in [3.05, 3.63) is 23.8 Å². The molecule has 3 atom stereocenters. The lowest BCUT2D eigenvalue weighted by molar-refractivity contribution is 0.194. The molecule has 1 aliphatic rings. The summed E-state index contributed by atoms with van der Waals surface area (Å²) in [7, 11) is -1.47. The van der Waals surface area contributed by atoms with Gasteiger partial charge in [0.15, 0.2) is 0 Å². The molecule has 1 N–H and O–H groups in total. The Balaban J connectivity index is 2.34. The number of nitrogens with one attached hydrogen (secondary N) is 1. The summed E-state index contributed by atoms with van der Waals surface area (Å²) < 4.78 is 53.5. The number of sulfone groups is 1. The molecule has 1 aromatic carbocycles. The Morgan fingerprint density at radius 1 is 1.38 bits per heavy atom. The topological polar surface area (TPSA) is 55.4 Å². The highest BCUT2D eigenvalue weighted by molar-refractivity contribution is 7.91. The highest BCUT2D eigenvalue weighted by Crippen LogP contribution is 2.44. The second-order valence-corrected chi connectivity index (χ2v) is 7.20.